The molecule has 1 heteroatoms. The van der Waals surface area contributed by atoms with Crippen LogP contribution in [0.2, 0.25) is 0 Å². The lowest BCUT2D eigenvalue weighted by molar-refractivity contribution is 0.623. The minimum Gasteiger partial charge on any atom is -0.319 e. The molecule has 100 valence electrons. The fourth-order valence-corrected chi connectivity index (χ4v) is 2.59. The molecule has 19 heavy (non-hydrogen) atoms. The molecule has 1 unspecified atom stereocenters. The van der Waals surface area contributed by atoms with Crippen LogP contribution >= 0.6 is 0 Å². The summed E-state index contributed by atoms with van der Waals surface area (Å²) in [5, 5.41) is 3.33. The van der Waals surface area contributed by atoms with Crippen LogP contribution in [-0.4, -0.2) is 13.6 Å². The van der Waals surface area contributed by atoms with Gasteiger partial charge in [0, 0.05) is 12.5 Å². The zero-order chi connectivity index (χ0) is 13.7. The van der Waals surface area contributed by atoms with Crippen molar-refractivity contribution in [1.29, 1.82) is 0 Å². The van der Waals surface area contributed by atoms with E-state index in [0.717, 1.165) is 13.0 Å². The van der Waals surface area contributed by atoms with Crippen molar-refractivity contribution in [3.63, 3.8) is 0 Å². The molecule has 0 radical (unpaired) electrons. The molecule has 1 atom stereocenters. The Hall–Kier alpha value is -1.60. The fourth-order valence-electron chi connectivity index (χ4n) is 2.59. The highest BCUT2D eigenvalue weighted by Crippen LogP contribution is 2.23. The highest BCUT2D eigenvalue weighted by molar-refractivity contribution is 5.32. The van der Waals surface area contributed by atoms with Crippen molar-refractivity contribution < 1.29 is 0 Å². The molecule has 0 heterocycles. The largest absolute Gasteiger partial charge is 0.319 e. The fraction of sp³-hybridized carbons (Fsp3) is 0.333. The molecule has 2 aromatic rings. The van der Waals surface area contributed by atoms with E-state index in [4.69, 9.17) is 0 Å². The zero-order valence-corrected chi connectivity index (χ0v) is 12.1. The van der Waals surface area contributed by atoms with Gasteiger partial charge < -0.3 is 5.32 Å². The lowest BCUT2D eigenvalue weighted by atomic mass is 9.89. The topological polar surface area (TPSA) is 12.0 Å². The third kappa shape index (κ3) is 3.68. The van der Waals surface area contributed by atoms with Gasteiger partial charge in [0.25, 0.3) is 0 Å². The van der Waals surface area contributed by atoms with E-state index in [2.05, 4.69) is 67.7 Å². The Labute approximate surface area is 116 Å². The van der Waals surface area contributed by atoms with Crippen LogP contribution in [0, 0.1) is 13.8 Å². The van der Waals surface area contributed by atoms with Crippen LogP contribution in [0.5, 0.6) is 0 Å². The van der Waals surface area contributed by atoms with Gasteiger partial charge in [0.2, 0.25) is 0 Å². The SMILES string of the molecule is CNCC(Cc1ccc(C)cc1)c1ccccc1C. The third-order valence-corrected chi connectivity index (χ3v) is 3.68. The molecule has 2 aromatic carbocycles. The second-order valence-corrected chi connectivity index (χ2v) is 5.30. The van der Waals surface area contributed by atoms with Crippen LogP contribution in [0.25, 0.3) is 0 Å². The minimum absolute atomic E-state index is 0.536. The monoisotopic (exact) mass is 253 g/mol. The quantitative estimate of drug-likeness (QED) is 0.853. The second kappa shape index (κ2) is 6.53. The van der Waals surface area contributed by atoms with Crippen LogP contribution < -0.4 is 5.32 Å². The van der Waals surface area contributed by atoms with E-state index in [1.54, 1.807) is 0 Å². The molecule has 0 amide bonds. The van der Waals surface area contributed by atoms with Crippen molar-refractivity contribution >= 4 is 0 Å². The van der Waals surface area contributed by atoms with Gasteiger partial charge in [0.1, 0.15) is 0 Å². The summed E-state index contributed by atoms with van der Waals surface area (Å²) in [4.78, 5) is 0. The van der Waals surface area contributed by atoms with Crippen LogP contribution in [0.3, 0.4) is 0 Å². The molecule has 0 aliphatic heterocycles. The van der Waals surface area contributed by atoms with Crippen molar-refractivity contribution in [3.05, 3.63) is 70.8 Å². The molecular formula is C18H23N. The summed E-state index contributed by atoms with van der Waals surface area (Å²) in [6.07, 6.45) is 1.09. The van der Waals surface area contributed by atoms with E-state index in [1.165, 1.54) is 22.3 Å². The standard InChI is InChI=1S/C18H23N/c1-14-8-10-16(11-9-14)12-17(13-19-3)18-7-5-4-6-15(18)2/h4-11,17,19H,12-13H2,1-3H3. The molecule has 1 N–H and O–H groups in total. The van der Waals surface area contributed by atoms with E-state index in [1.807, 2.05) is 7.05 Å². The normalized spacial score (nSPS) is 12.4. The van der Waals surface area contributed by atoms with Crippen molar-refractivity contribution in [3.8, 4) is 0 Å². The molecule has 0 aromatic heterocycles. The molecule has 0 aliphatic carbocycles. The van der Waals surface area contributed by atoms with Gasteiger partial charge in [-0.2, -0.15) is 0 Å². The van der Waals surface area contributed by atoms with Gasteiger partial charge in [-0.1, -0.05) is 54.1 Å². The molecule has 0 saturated heterocycles. The average Bonchev–Trinajstić information content (AvgIpc) is 2.41. The van der Waals surface area contributed by atoms with Gasteiger partial charge in [-0.05, 0) is 44.0 Å². The van der Waals surface area contributed by atoms with E-state index in [0.29, 0.717) is 5.92 Å². The number of hydrogen-bond donors (Lipinski definition) is 1. The van der Waals surface area contributed by atoms with Crippen LogP contribution in [0.15, 0.2) is 48.5 Å². The Morgan fingerprint density at radius 3 is 2.26 bits per heavy atom. The Kier molecular flexibility index (Phi) is 4.75. The second-order valence-electron chi connectivity index (χ2n) is 5.30. The molecule has 0 saturated carbocycles. The minimum atomic E-state index is 0.536. The smallest absolute Gasteiger partial charge is 0.00204 e. The maximum atomic E-state index is 3.33. The predicted molar refractivity (Wildman–Crippen MR) is 82.7 cm³/mol. The number of benzene rings is 2. The highest BCUT2D eigenvalue weighted by Gasteiger charge is 2.13. The highest BCUT2D eigenvalue weighted by atomic mass is 14.8. The molecule has 0 spiro atoms. The lowest BCUT2D eigenvalue weighted by Gasteiger charge is -2.19. The molecular weight excluding hydrogens is 230 g/mol. The maximum Gasteiger partial charge on any atom is 0.00204 e. The Morgan fingerprint density at radius 1 is 0.947 bits per heavy atom. The van der Waals surface area contributed by atoms with Crippen LogP contribution in [0.4, 0.5) is 0 Å². The first kappa shape index (κ1) is 13.8. The Bertz CT molecular complexity index is 513. The number of likely N-dealkylation sites (N-methyl/N-ethyl adjacent to an activating group) is 1. The summed E-state index contributed by atoms with van der Waals surface area (Å²) in [6.45, 7) is 5.35. The number of aryl methyl sites for hydroxylation is 2. The molecule has 0 bridgehead atoms. The third-order valence-electron chi connectivity index (χ3n) is 3.68. The Balaban J connectivity index is 2.21. The van der Waals surface area contributed by atoms with Gasteiger partial charge in [-0.3, -0.25) is 0 Å². The Morgan fingerprint density at radius 2 is 1.63 bits per heavy atom. The first-order valence-electron chi connectivity index (χ1n) is 6.96. The van der Waals surface area contributed by atoms with Gasteiger partial charge in [-0.25, -0.2) is 0 Å². The molecule has 0 fully saturated rings. The number of nitrogens with one attached hydrogen (secondary N) is 1. The molecule has 0 aliphatic rings. The van der Waals surface area contributed by atoms with Crippen molar-refractivity contribution in [2.45, 2.75) is 26.2 Å². The van der Waals surface area contributed by atoms with Crippen LogP contribution in [-0.2, 0) is 6.42 Å². The van der Waals surface area contributed by atoms with Gasteiger partial charge >= 0.3 is 0 Å². The zero-order valence-electron chi connectivity index (χ0n) is 12.1. The van der Waals surface area contributed by atoms with Gasteiger partial charge in [0.15, 0.2) is 0 Å². The summed E-state index contributed by atoms with van der Waals surface area (Å²) in [5.41, 5.74) is 5.58. The molecule has 2 rings (SSSR count). The summed E-state index contributed by atoms with van der Waals surface area (Å²) in [7, 11) is 2.03. The van der Waals surface area contributed by atoms with Crippen molar-refractivity contribution in [2.75, 3.05) is 13.6 Å². The van der Waals surface area contributed by atoms with Crippen molar-refractivity contribution in [2.24, 2.45) is 0 Å². The number of rotatable bonds is 5. The summed E-state index contributed by atoms with van der Waals surface area (Å²) in [5.74, 6) is 0.536. The predicted octanol–water partition coefficient (Wildman–Crippen LogP) is 3.85. The van der Waals surface area contributed by atoms with Crippen LogP contribution in [0.1, 0.15) is 28.2 Å². The average molecular weight is 253 g/mol. The van der Waals surface area contributed by atoms with Crippen molar-refractivity contribution in [1.82, 2.24) is 5.32 Å². The summed E-state index contributed by atoms with van der Waals surface area (Å²) >= 11 is 0. The van der Waals surface area contributed by atoms with E-state index >= 15 is 0 Å². The maximum absolute atomic E-state index is 3.33. The first-order valence-corrected chi connectivity index (χ1v) is 6.96. The summed E-state index contributed by atoms with van der Waals surface area (Å²) < 4.78 is 0. The summed E-state index contributed by atoms with van der Waals surface area (Å²) in [6, 6.07) is 17.6. The van der Waals surface area contributed by atoms with E-state index in [-0.39, 0.29) is 0 Å². The van der Waals surface area contributed by atoms with E-state index in [9.17, 15) is 0 Å². The lowest BCUT2D eigenvalue weighted by Crippen LogP contribution is -2.20. The molecule has 1 nitrogen and oxygen atoms in total. The number of hydrogen-bond acceptors (Lipinski definition) is 1. The van der Waals surface area contributed by atoms with Gasteiger partial charge in [-0.15, -0.1) is 0 Å². The first-order chi connectivity index (χ1) is 9.20. The van der Waals surface area contributed by atoms with Gasteiger partial charge in [0.05, 0.1) is 0 Å². The van der Waals surface area contributed by atoms with E-state index < -0.39 is 0 Å².